The topological polar surface area (TPSA) is 535 Å². The third-order valence-electron chi connectivity index (χ3n) is 28.1. The number of benzene rings is 4. The number of aromatic nitrogens is 16. The highest BCUT2D eigenvalue weighted by Crippen LogP contribution is 2.42. The molecule has 48 heteroatoms. The van der Waals surface area contributed by atoms with Crippen LogP contribution in [0.4, 0.5) is 0 Å². The molecule has 20 rings (SSSR count). The number of aliphatic hydroxyl groups is 4. The fraction of sp³-hybridized carbons (Fsp3) is 0.551. The molecule has 8 fully saturated rings. The van der Waals surface area contributed by atoms with Crippen molar-refractivity contribution in [1.29, 1.82) is 0 Å². The monoisotopic (exact) mass is 2090 g/mol. The molecule has 0 aliphatic carbocycles. The normalized spacial score (nSPS) is 17.8. The maximum atomic E-state index is 13.5. The molecule has 8 aromatic heterocycles. The van der Waals surface area contributed by atoms with Gasteiger partial charge in [0.2, 0.25) is 40.1 Å². The van der Waals surface area contributed by atoms with E-state index < -0.39 is 40.1 Å². The van der Waals surface area contributed by atoms with E-state index in [1.54, 1.807) is 70.7 Å². The van der Waals surface area contributed by atoms with Crippen LogP contribution in [0.15, 0.2) is 112 Å². The minimum Gasteiger partial charge on any atom is -0.493 e. The standard InChI is InChI=1S/C26H36N6O5S.C25H34N6O5S.C24H32N6O5S.C23H30N6O5S/c1-4-6-21-23-24(30(3)29-21)26(34)28-25(27-23)20-11-19(7-8-22(20)37-5-2)38(35,36)32-15-18(16-32)14-31-12-17(13-31)9-10-33;1-4-6-20-22-23(29(3)28-20)25(33)27-24(26-22)19-9-18(7-8-21(19)36-5-2)37(34,35)31-13-16(14-31)10-30-11-17(12-30)15-32;1-4-6-19-21-22(28(3)27-19)24(32)26-23(25-21)18-9-17(7-8-20(18)35-5-2)36(33,34)30-12-16(13-30)29-10-15(11-29)14-31;1-4-6-18-20-21(27(3)26-18)23(31)25-22(24-20)17-9-16(7-8-19(17)34-5-2)35(32,33)29-10-14(11-29)28-12-15(30)13-28/h7-8,11,17-18,33H,4-6,9-10,12-16H2,1-3H3,(H,27,28,34);7-9,16-17,32H,4-6,10-15H2,1-3H3,(H,26,27,33);7-9,15-16,31H,4-6,10-14H2,1-3H3,(H,25,26,32);7-9,14-15,30H,4-6,10-13H2,1-3H3,(H,24,25,31). The van der Waals surface area contributed by atoms with Crippen molar-refractivity contribution in [2.45, 2.75) is 151 Å². The maximum Gasteiger partial charge on any atom is 0.277 e. The maximum absolute atomic E-state index is 13.5. The second-order valence-electron chi connectivity index (χ2n) is 38.9. The molecule has 12 aromatic rings. The average molecular weight is 2090 g/mol. The minimum atomic E-state index is -3.74. The van der Waals surface area contributed by atoms with Crippen LogP contribution in [0.5, 0.6) is 23.0 Å². The first kappa shape index (κ1) is 106. The zero-order valence-corrected chi connectivity index (χ0v) is 87.8. The Morgan fingerprint density at radius 2 is 0.589 bits per heavy atom. The predicted molar refractivity (Wildman–Crippen MR) is 547 cm³/mol. The average Bonchev–Trinajstić information content (AvgIpc) is 1.57. The van der Waals surface area contributed by atoms with Crippen molar-refractivity contribution < 1.29 is 73.0 Å². The quantitative estimate of drug-likeness (QED) is 0.0263. The molecule has 0 bridgehead atoms. The van der Waals surface area contributed by atoms with Crippen LogP contribution in [0, 0.1) is 29.6 Å². The Kier molecular flexibility index (Phi) is 32.2. The zero-order valence-electron chi connectivity index (χ0n) is 84.5. The summed E-state index contributed by atoms with van der Waals surface area (Å²) >= 11 is 0. The Morgan fingerprint density at radius 3 is 0.836 bits per heavy atom. The largest absolute Gasteiger partial charge is 0.493 e. The van der Waals surface area contributed by atoms with Gasteiger partial charge in [-0.3, -0.25) is 47.7 Å². The van der Waals surface area contributed by atoms with Crippen LogP contribution < -0.4 is 41.2 Å². The molecule has 0 atom stereocenters. The van der Waals surface area contributed by atoms with Crippen LogP contribution in [-0.2, 0) is 94.0 Å². The van der Waals surface area contributed by atoms with Gasteiger partial charge in [-0.05, 0) is 150 Å². The number of nitrogens with zero attached hydrogens (tertiary/aromatic N) is 20. The van der Waals surface area contributed by atoms with E-state index in [4.69, 9.17) is 44.0 Å². The highest BCUT2D eigenvalue weighted by Gasteiger charge is 2.47. The van der Waals surface area contributed by atoms with Gasteiger partial charge in [0.25, 0.3) is 22.2 Å². The SMILES string of the molecule is CCCc1nn(C)c2c(=O)[nH]c(-c3cc(S(=O)(=O)N4CC(CN5CC(CCO)C5)C4)ccc3OCC)nc12.CCCc1nn(C)c2c(=O)[nH]c(-c3cc(S(=O)(=O)N4CC(CN5CC(CO)C5)C4)ccc3OCC)nc12.CCCc1nn(C)c2c(=O)[nH]c(-c3cc(S(=O)(=O)N4CC(N5CC(CO)C5)C4)ccc3OCC)nc12.CCCc1nn(C)c2c(=O)[nH]c(-c3cc(S(=O)(=O)N4CC(N5CC(O)C5)C4)ccc3OCC)nc12. The summed E-state index contributed by atoms with van der Waals surface area (Å²) in [6.07, 6.45) is 6.61. The number of nitrogens with one attached hydrogen (secondary N) is 4. The molecule has 44 nitrogen and oxygen atoms in total. The van der Waals surface area contributed by atoms with Crippen LogP contribution in [0.2, 0.25) is 0 Å². The number of aromatic amines is 4. The molecular weight excluding hydrogens is 1960 g/mol. The van der Waals surface area contributed by atoms with Gasteiger partial charge in [0, 0.05) is 190 Å². The molecule has 0 amide bonds. The van der Waals surface area contributed by atoms with Gasteiger partial charge in [-0.25, -0.2) is 53.6 Å². The van der Waals surface area contributed by atoms with Crippen molar-refractivity contribution in [3.63, 3.8) is 0 Å². The number of aliphatic hydroxyl groups excluding tert-OH is 4. The second kappa shape index (κ2) is 44.3. The highest BCUT2D eigenvalue weighted by molar-refractivity contribution is 7.90. The van der Waals surface area contributed by atoms with E-state index >= 15 is 0 Å². The van der Waals surface area contributed by atoms with Crippen LogP contribution >= 0.6 is 0 Å². The summed E-state index contributed by atoms with van der Waals surface area (Å²) in [5.41, 5.74) is 6.77. The predicted octanol–water partition coefficient (Wildman–Crippen LogP) is 4.52. The second-order valence-corrected chi connectivity index (χ2v) is 46.6. The molecule has 8 aliphatic heterocycles. The Morgan fingerprint density at radius 1 is 0.336 bits per heavy atom. The van der Waals surface area contributed by atoms with Gasteiger partial charge < -0.3 is 69.1 Å². The van der Waals surface area contributed by atoms with Crippen molar-refractivity contribution in [2.75, 3.05) is 164 Å². The summed E-state index contributed by atoms with van der Waals surface area (Å²) < 4.78 is 142. The van der Waals surface area contributed by atoms with Gasteiger partial charge in [-0.15, -0.1) is 0 Å². The molecule has 16 heterocycles. The molecule has 0 radical (unpaired) electrons. The lowest BCUT2D eigenvalue weighted by atomic mass is 9.93. The summed E-state index contributed by atoms with van der Waals surface area (Å²) in [7, 11) is -8.07. The molecule has 0 saturated carbocycles. The lowest BCUT2D eigenvalue weighted by Crippen LogP contribution is -2.67. The number of H-pyrrole nitrogens is 4. The Balaban J connectivity index is 0.000000133. The molecule has 8 saturated heterocycles. The number of sulfonamides is 4. The van der Waals surface area contributed by atoms with Crippen LogP contribution in [0.3, 0.4) is 0 Å². The van der Waals surface area contributed by atoms with E-state index in [-0.39, 0.29) is 115 Å². The van der Waals surface area contributed by atoms with Gasteiger partial charge in [-0.2, -0.15) is 37.6 Å². The smallest absolute Gasteiger partial charge is 0.277 e. The van der Waals surface area contributed by atoms with E-state index in [0.29, 0.717) is 225 Å². The molecule has 4 aromatic carbocycles. The highest BCUT2D eigenvalue weighted by atomic mass is 32.2. The van der Waals surface area contributed by atoms with Crippen molar-refractivity contribution in [3.05, 3.63) is 137 Å². The van der Waals surface area contributed by atoms with Gasteiger partial charge in [-0.1, -0.05) is 53.4 Å². The summed E-state index contributed by atoms with van der Waals surface area (Å²) in [6.45, 7) is 29.2. The molecule has 8 N–H and O–H groups in total. The fourth-order valence-electron chi connectivity index (χ4n) is 20.3. The molecule has 8 aliphatic rings. The molecular formula is C98H132N24O20S4. The number of hydrogen-bond donors (Lipinski definition) is 8. The number of aryl methyl sites for hydroxylation is 8. The lowest BCUT2D eigenvalue weighted by Gasteiger charge is -2.50. The summed E-state index contributed by atoms with van der Waals surface area (Å²) in [5, 5.41) is 54.8. The number of likely N-dealkylation sites (tertiary alicyclic amines) is 4. The first-order chi connectivity index (χ1) is 70.0. The van der Waals surface area contributed by atoms with Gasteiger partial charge in [0.15, 0.2) is 22.1 Å². The third kappa shape index (κ3) is 21.5. The third-order valence-corrected chi connectivity index (χ3v) is 35.4. The van der Waals surface area contributed by atoms with Crippen LogP contribution in [-0.4, -0.2) is 352 Å². The Hall–Kier alpha value is -11.2. The van der Waals surface area contributed by atoms with Crippen LogP contribution in [0.1, 0.15) is 110 Å². The fourth-order valence-corrected chi connectivity index (χ4v) is 26.6. The van der Waals surface area contributed by atoms with Crippen molar-refractivity contribution in [3.8, 4) is 68.5 Å². The molecule has 788 valence electrons. The van der Waals surface area contributed by atoms with Gasteiger partial charge in [0.05, 0.1) is 97.1 Å². The van der Waals surface area contributed by atoms with Crippen molar-refractivity contribution in [2.24, 2.45) is 57.8 Å². The first-order valence-electron chi connectivity index (χ1n) is 50.3. The summed E-state index contributed by atoms with van der Waals surface area (Å²) in [6, 6.07) is 19.0. The summed E-state index contributed by atoms with van der Waals surface area (Å²) in [4.78, 5) is 91.3. The first-order valence-corrected chi connectivity index (χ1v) is 56.1. The number of hydrogen-bond acceptors (Lipinski definition) is 32. The number of fused-ring (bicyclic) bond motifs is 4. The number of rotatable bonds is 38. The van der Waals surface area contributed by atoms with Gasteiger partial charge in [0.1, 0.15) is 68.4 Å². The van der Waals surface area contributed by atoms with E-state index in [2.05, 4.69) is 59.9 Å². The molecule has 146 heavy (non-hydrogen) atoms. The number of ether oxygens (including phenoxy) is 4. The number of β-amino-alcohol motifs (C(OH)–C–C–N with tert-alkyl or cyclic N) is 1. The Labute approximate surface area is 846 Å². The zero-order chi connectivity index (χ0) is 104. The van der Waals surface area contributed by atoms with Crippen molar-refractivity contribution in [1.82, 2.24) is 116 Å². The summed E-state index contributed by atoms with van der Waals surface area (Å²) in [5.74, 6) is 4.51. The van der Waals surface area contributed by atoms with Crippen LogP contribution in [0.25, 0.3) is 89.7 Å². The van der Waals surface area contributed by atoms with E-state index in [1.165, 1.54) is 66.3 Å². The van der Waals surface area contributed by atoms with Crippen molar-refractivity contribution >= 4 is 84.2 Å². The lowest BCUT2D eigenvalue weighted by molar-refractivity contribution is -0.0529. The molecule has 0 spiro atoms. The minimum absolute atomic E-state index is 0.112. The van der Waals surface area contributed by atoms with Gasteiger partial charge >= 0.3 is 0 Å². The van der Waals surface area contributed by atoms with E-state index in [9.17, 15) is 68.2 Å². The Bertz CT molecular complexity index is 7550. The van der Waals surface area contributed by atoms with E-state index in [1.807, 2.05) is 55.4 Å². The molecule has 0 unspecified atom stereocenters. The van der Waals surface area contributed by atoms with E-state index in [0.717, 1.165) is 107 Å².